The molecular formula is C14H19BrN2O3. The molecule has 0 aliphatic rings. The lowest BCUT2D eigenvalue weighted by atomic mass is 10.1. The van der Waals surface area contributed by atoms with Crippen molar-refractivity contribution >= 4 is 33.6 Å². The predicted molar refractivity (Wildman–Crippen MR) is 82.1 cm³/mol. The fraction of sp³-hybridized carbons (Fsp3) is 0.429. The molecule has 0 fully saturated rings. The molecule has 1 aromatic rings. The van der Waals surface area contributed by atoms with E-state index in [1.807, 2.05) is 26.0 Å². The van der Waals surface area contributed by atoms with Crippen molar-refractivity contribution in [3.8, 4) is 0 Å². The molecule has 0 radical (unpaired) electrons. The van der Waals surface area contributed by atoms with Crippen LogP contribution in [-0.4, -0.2) is 23.7 Å². The molecule has 0 bridgehead atoms. The number of rotatable bonds is 5. The zero-order valence-electron chi connectivity index (χ0n) is 11.8. The van der Waals surface area contributed by atoms with E-state index in [0.29, 0.717) is 6.54 Å². The molecule has 1 unspecified atom stereocenters. The number of carboxylic acids is 1. The first-order valence-electron chi connectivity index (χ1n) is 6.33. The number of hydrogen-bond acceptors (Lipinski definition) is 2. The van der Waals surface area contributed by atoms with Gasteiger partial charge in [-0.15, -0.1) is 0 Å². The minimum absolute atomic E-state index is 0.0383. The topological polar surface area (TPSA) is 78.4 Å². The summed E-state index contributed by atoms with van der Waals surface area (Å²) in [5.74, 6) is -0.968. The largest absolute Gasteiger partial charge is 0.481 e. The summed E-state index contributed by atoms with van der Waals surface area (Å²) in [5, 5.41) is 14.1. The van der Waals surface area contributed by atoms with E-state index in [4.69, 9.17) is 5.11 Å². The normalized spacial score (nSPS) is 11.8. The lowest BCUT2D eigenvalue weighted by Gasteiger charge is -2.14. The minimum atomic E-state index is -0.862. The van der Waals surface area contributed by atoms with Gasteiger partial charge in [0.15, 0.2) is 0 Å². The predicted octanol–water partition coefficient (Wildman–Crippen LogP) is 3.30. The molecule has 5 nitrogen and oxygen atoms in total. The van der Waals surface area contributed by atoms with Crippen molar-refractivity contribution < 1.29 is 14.7 Å². The maximum absolute atomic E-state index is 11.8. The summed E-state index contributed by atoms with van der Waals surface area (Å²) < 4.78 is 0.966. The average Bonchev–Trinajstić information content (AvgIpc) is 2.30. The van der Waals surface area contributed by atoms with Crippen LogP contribution in [0.2, 0.25) is 0 Å². The van der Waals surface area contributed by atoms with Crippen LogP contribution in [0.25, 0.3) is 0 Å². The first-order valence-corrected chi connectivity index (χ1v) is 7.12. The van der Waals surface area contributed by atoms with E-state index in [2.05, 4.69) is 26.6 Å². The SMILES string of the molecule is Cc1cc(Br)cc(C)c1NC(=O)NCC(C)CC(=O)O. The van der Waals surface area contributed by atoms with Crippen molar-refractivity contribution in [2.45, 2.75) is 27.2 Å². The average molecular weight is 343 g/mol. The fourth-order valence-electron chi connectivity index (χ4n) is 1.90. The monoisotopic (exact) mass is 342 g/mol. The Hall–Kier alpha value is -1.56. The fourth-order valence-corrected chi connectivity index (χ4v) is 2.59. The van der Waals surface area contributed by atoms with Crippen LogP contribution in [0.1, 0.15) is 24.5 Å². The van der Waals surface area contributed by atoms with Crippen molar-refractivity contribution in [2.75, 3.05) is 11.9 Å². The molecule has 1 atom stereocenters. The Morgan fingerprint density at radius 3 is 2.35 bits per heavy atom. The molecule has 2 amide bonds. The van der Waals surface area contributed by atoms with Crippen LogP contribution < -0.4 is 10.6 Å². The molecule has 0 saturated heterocycles. The van der Waals surface area contributed by atoms with Gasteiger partial charge in [0.1, 0.15) is 0 Å². The number of halogens is 1. The summed E-state index contributed by atoms with van der Waals surface area (Å²) in [5.41, 5.74) is 2.70. The Bertz CT molecular complexity index is 494. The van der Waals surface area contributed by atoms with Crippen LogP contribution in [0, 0.1) is 19.8 Å². The first kappa shape index (κ1) is 16.5. The second kappa shape index (κ2) is 7.28. The third-order valence-corrected chi connectivity index (χ3v) is 3.33. The van der Waals surface area contributed by atoms with Crippen LogP contribution in [0.5, 0.6) is 0 Å². The third kappa shape index (κ3) is 5.21. The highest BCUT2D eigenvalue weighted by atomic mass is 79.9. The number of carboxylic acid groups (broad SMARTS) is 1. The lowest BCUT2D eigenvalue weighted by molar-refractivity contribution is -0.137. The number of urea groups is 1. The zero-order valence-corrected chi connectivity index (χ0v) is 13.4. The Balaban J connectivity index is 2.57. The van der Waals surface area contributed by atoms with Crippen LogP contribution in [0.4, 0.5) is 10.5 Å². The van der Waals surface area contributed by atoms with E-state index in [0.717, 1.165) is 21.3 Å². The van der Waals surface area contributed by atoms with Crippen LogP contribution >= 0.6 is 15.9 Å². The van der Waals surface area contributed by atoms with Gasteiger partial charge in [-0.25, -0.2) is 4.79 Å². The zero-order chi connectivity index (χ0) is 15.3. The van der Waals surface area contributed by atoms with Gasteiger partial charge in [0.25, 0.3) is 0 Å². The Morgan fingerprint density at radius 1 is 1.30 bits per heavy atom. The van der Waals surface area contributed by atoms with Crippen molar-refractivity contribution in [1.82, 2.24) is 5.32 Å². The van der Waals surface area contributed by atoms with Gasteiger partial charge in [0, 0.05) is 23.1 Å². The van der Waals surface area contributed by atoms with Gasteiger partial charge in [-0.2, -0.15) is 0 Å². The minimum Gasteiger partial charge on any atom is -0.481 e. The smallest absolute Gasteiger partial charge is 0.319 e. The number of anilines is 1. The Labute approximate surface area is 126 Å². The highest BCUT2D eigenvalue weighted by Gasteiger charge is 2.11. The Morgan fingerprint density at radius 2 is 1.85 bits per heavy atom. The standard InChI is InChI=1S/C14H19BrN2O3/c1-8(4-12(18)19)7-16-14(20)17-13-9(2)5-11(15)6-10(13)3/h5-6,8H,4,7H2,1-3H3,(H,18,19)(H2,16,17,20). The quantitative estimate of drug-likeness (QED) is 0.768. The molecule has 1 aromatic carbocycles. The summed E-state index contributed by atoms with van der Waals surface area (Å²) in [6, 6.07) is 3.53. The molecule has 110 valence electrons. The molecule has 0 aliphatic heterocycles. The van der Waals surface area contributed by atoms with E-state index in [9.17, 15) is 9.59 Å². The molecule has 0 saturated carbocycles. The molecule has 20 heavy (non-hydrogen) atoms. The van der Waals surface area contributed by atoms with Crippen molar-refractivity contribution in [3.05, 3.63) is 27.7 Å². The number of amides is 2. The molecule has 3 N–H and O–H groups in total. The summed E-state index contributed by atoms with van der Waals surface area (Å²) in [6.45, 7) is 5.94. The second-order valence-corrected chi connectivity index (χ2v) is 5.87. The van der Waals surface area contributed by atoms with E-state index in [1.54, 1.807) is 6.92 Å². The molecule has 0 aliphatic carbocycles. The highest BCUT2D eigenvalue weighted by Crippen LogP contribution is 2.24. The third-order valence-electron chi connectivity index (χ3n) is 2.87. The van der Waals surface area contributed by atoms with Crippen molar-refractivity contribution in [1.29, 1.82) is 0 Å². The maximum atomic E-state index is 11.8. The molecule has 1 rings (SSSR count). The van der Waals surface area contributed by atoms with Gasteiger partial charge in [0.05, 0.1) is 0 Å². The highest BCUT2D eigenvalue weighted by molar-refractivity contribution is 9.10. The molecule has 6 heteroatoms. The van der Waals surface area contributed by atoms with E-state index in [1.165, 1.54) is 0 Å². The van der Waals surface area contributed by atoms with E-state index >= 15 is 0 Å². The van der Waals surface area contributed by atoms with Crippen LogP contribution in [-0.2, 0) is 4.79 Å². The van der Waals surface area contributed by atoms with Gasteiger partial charge in [-0.1, -0.05) is 22.9 Å². The van der Waals surface area contributed by atoms with Gasteiger partial charge >= 0.3 is 12.0 Å². The second-order valence-electron chi connectivity index (χ2n) is 4.95. The number of aryl methyl sites for hydroxylation is 2. The summed E-state index contributed by atoms with van der Waals surface area (Å²) in [7, 11) is 0. The van der Waals surface area contributed by atoms with E-state index in [-0.39, 0.29) is 18.4 Å². The molecule has 0 spiro atoms. The summed E-state index contributed by atoms with van der Waals surface area (Å²) >= 11 is 3.40. The van der Waals surface area contributed by atoms with E-state index < -0.39 is 5.97 Å². The number of carbonyl (C=O) groups excluding carboxylic acids is 1. The number of hydrogen-bond donors (Lipinski definition) is 3. The Kier molecular flexibility index (Phi) is 6.01. The molecule has 0 aromatic heterocycles. The van der Waals surface area contributed by atoms with Crippen molar-refractivity contribution in [3.63, 3.8) is 0 Å². The van der Waals surface area contributed by atoms with Crippen LogP contribution in [0.3, 0.4) is 0 Å². The van der Waals surface area contributed by atoms with Gasteiger partial charge in [0.2, 0.25) is 0 Å². The van der Waals surface area contributed by atoms with Gasteiger partial charge in [-0.3, -0.25) is 4.79 Å². The molecule has 0 heterocycles. The maximum Gasteiger partial charge on any atom is 0.319 e. The van der Waals surface area contributed by atoms with Gasteiger partial charge < -0.3 is 15.7 Å². The first-order chi connectivity index (χ1) is 9.29. The number of aliphatic carboxylic acids is 1. The van der Waals surface area contributed by atoms with Gasteiger partial charge in [-0.05, 0) is 43.0 Å². The number of benzene rings is 1. The summed E-state index contributed by atoms with van der Waals surface area (Å²) in [6.07, 6.45) is 0.0383. The van der Waals surface area contributed by atoms with Crippen molar-refractivity contribution in [2.24, 2.45) is 5.92 Å². The van der Waals surface area contributed by atoms with Crippen LogP contribution in [0.15, 0.2) is 16.6 Å². The number of carbonyl (C=O) groups is 2. The number of nitrogens with one attached hydrogen (secondary N) is 2. The lowest BCUT2D eigenvalue weighted by Crippen LogP contribution is -2.33. The summed E-state index contributed by atoms with van der Waals surface area (Å²) in [4.78, 5) is 22.3. The molecular weight excluding hydrogens is 324 g/mol.